The molecule has 1 N–H and O–H groups in total. The summed E-state index contributed by atoms with van der Waals surface area (Å²) in [4.78, 5) is 13.4. The van der Waals surface area contributed by atoms with Crippen LogP contribution in [0.2, 0.25) is 0 Å². The SMILES string of the molecule is CCCCSc1ccc(NCCC(=O)c2ccc(Br)cc2)cc1. The Bertz CT molecular complexity index is 610. The van der Waals surface area contributed by atoms with Gasteiger partial charge in [-0.25, -0.2) is 0 Å². The van der Waals surface area contributed by atoms with Gasteiger partial charge in [-0.1, -0.05) is 41.4 Å². The number of carbonyl (C=O) groups excluding carboxylic acids is 1. The van der Waals surface area contributed by atoms with Crippen molar-refractivity contribution >= 4 is 39.2 Å². The third kappa shape index (κ3) is 6.40. The average molecular weight is 392 g/mol. The standard InChI is InChI=1S/C19H22BrNOS/c1-2-3-14-23-18-10-8-17(9-11-18)21-13-12-19(22)15-4-6-16(20)7-5-15/h4-11,21H,2-3,12-14H2,1H3. The van der Waals surface area contributed by atoms with Crippen molar-refractivity contribution < 1.29 is 4.79 Å². The van der Waals surface area contributed by atoms with Crippen LogP contribution in [-0.4, -0.2) is 18.1 Å². The van der Waals surface area contributed by atoms with E-state index in [4.69, 9.17) is 0 Å². The molecule has 4 heteroatoms. The molecule has 0 saturated carbocycles. The van der Waals surface area contributed by atoms with Crippen LogP contribution in [0.3, 0.4) is 0 Å². The molecule has 2 nitrogen and oxygen atoms in total. The zero-order chi connectivity index (χ0) is 16.5. The molecule has 0 aliphatic carbocycles. The summed E-state index contributed by atoms with van der Waals surface area (Å²) < 4.78 is 0.990. The highest BCUT2D eigenvalue weighted by Gasteiger charge is 2.05. The van der Waals surface area contributed by atoms with Gasteiger partial charge in [0.1, 0.15) is 0 Å². The number of benzene rings is 2. The number of rotatable bonds is 9. The predicted octanol–water partition coefficient (Wildman–Crippen LogP) is 6.03. The van der Waals surface area contributed by atoms with Gasteiger partial charge in [0.05, 0.1) is 0 Å². The smallest absolute Gasteiger partial charge is 0.164 e. The van der Waals surface area contributed by atoms with Crippen LogP contribution in [0.25, 0.3) is 0 Å². The van der Waals surface area contributed by atoms with Crippen molar-refractivity contribution in [2.75, 3.05) is 17.6 Å². The molecule has 0 heterocycles. The van der Waals surface area contributed by atoms with Crippen molar-refractivity contribution in [3.05, 3.63) is 58.6 Å². The number of nitrogens with one attached hydrogen (secondary N) is 1. The Balaban J connectivity index is 1.75. The first-order valence-electron chi connectivity index (χ1n) is 7.94. The second-order valence-electron chi connectivity index (χ2n) is 5.33. The number of unbranched alkanes of at least 4 members (excludes halogenated alkanes) is 1. The van der Waals surface area contributed by atoms with E-state index in [0.717, 1.165) is 15.7 Å². The minimum absolute atomic E-state index is 0.164. The lowest BCUT2D eigenvalue weighted by atomic mass is 10.1. The average Bonchev–Trinajstić information content (AvgIpc) is 2.57. The van der Waals surface area contributed by atoms with E-state index in [0.29, 0.717) is 13.0 Å². The number of halogens is 1. The van der Waals surface area contributed by atoms with E-state index in [-0.39, 0.29) is 5.78 Å². The summed E-state index contributed by atoms with van der Waals surface area (Å²) in [5, 5.41) is 3.31. The summed E-state index contributed by atoms with van der Waals surface area (Å²) in [6.07, 6.45) is 2.98. The number of hydrogen-bond acceptors (Lipinski definition) is 3. The highest BCUT2D eigenvalue weighted by atomic mass is 79.9. The normalized spacial score (nSPS) is 10.5. The zero-order valence-electron chi connectivity index (χ0n) is 13.3. The van der Waals surface area contributed by atoms with Crippen LogP contribution in [0, 0.1) is 0 Å². The monoisotopic (exact) mass is 391 g/mol. The van der Waals surface area contributed by atoms with E-state index in [2.05, 4.69) is 52.4 Å². The lowest BCUT2D eigenvalue weighted by Gasteiger charge is -2.07. The summed E-state index contributed by atoms with van der Waals surface area (Å²) in [5.41, 5.74) is 1.83. The Morgan fingerprint density at radius 3 is 2.43 bits per heavy atom. The molecule has 2 aromatic rings. The molecule has 2 aromatic carbocycles. The van der Waals surface area contributed by atoms with E-state index in [1.54, 1.807) is 0 Å². The van der Waals surface area contributed by atoms with Gasteiger partial charge in [-0.15, -0.1) is 11.8 Å². The quantitative estimate of drug-likeness (QED) is 0.321. The van der Waals surface area contributed by atoms with Crippen molar-refractivity contribution in [2.24, 2.45) is 0 Å². The maximum Gasteiger partial charge on any atom is 0.164 e. The molecule has 122 valence electrons. The number of carbonyl (C=O) groups is 1. The molecule has 0 atom stereocenters. The zero-order valence-corrected chi connectivity index (χ0v) is 15.8. The summed E-state index contributed by atoms with van der Waals surface area (Å²) >= 11 is 5.27. The molecule has 0 aromatic heterocycles. The van der Waals surface area contributed by atoms with Crippen LogP contribution in [0.1, 0.15) is 36.5 Å². The first kappa shape index (κ1) is 18.1. The van der Waals surface area contributed by atoms with Gasteiger partial charge in [0, 0.05) is 33.6 Å². The fourth-order valence-corrected chi connectivity index (χ4v) is 3.37. The number of Topliss-reactive ketones (excluding diaryl/α,β-unsaturated/α-hetero) is 1. The molecule has 2 rings (SSSR count). The van der Waals surface area contributed by atoms with Gasteiger partial charge in [0.15, 0.2) is 5.78 Å². The summed E-state index contributed by atoms with van der Waals surface area (Å²) in [7, 11) is 0. The number of thioether (sulfide) groups is 1. The van der Waals surface area contributed by atoms with Gasteiger partial charge >= 0.3 is 0 Å². The van der Waals surface area contributed by atoms with E-state index >= 15 is 0 Å². The maximum absolute atomic E-state index is 12.1. The van der Waals surface area contributed by atoms with Gasteiger partial charge in [-0.3, -0.25) is 4.79 Å². The third-order valence-corrected chi connectivity index (χ3v) is 5.10. The van der Waals surface area contributed by atoms with Gasteiger partial charge in [-0.2, -0.15) is 0 Å². The molecule has 0 radical (unpaired) electrons. The highest BCUT2D eigenvalue weighted by molar-refractivity contribution is 9.10. The van der Waals surface area contributed by atoms with Gasteiger partial charge in [0.2, 0.25) is 0 Å². The fraction of sp³-hybridized carbons (Fsp3) is 0.316. The molecule has 0 spiro atoms. The van der Waals surface area contributed by atoms with Crippen LogP contribution < -0.4 is 5.32 Å². The second kappa shape index (κ2) is 9.78. The topological polar surface area (TPSA) is 29.1 Å². The minimum Gasteiger partial charge on any atom is -0.385 e. The molecule has 23 heavy (non-hydrogen) atoms. The van der Waals surface area contributed by atoms with Crippen LogP contribution in [0.4, 0.5) is 5.69 Å². The van der Waals surface area contributed by atoms with Crippen molar-refractivity contribution in [3.63, 3.8) is 0 Å². The number of hydrogen-bond donors (Lipinski definition) is 1. The molecule has 0 amide bonds. The van der Waals surface area contributed by atoms with Crippen LogP contribution in [0.5, 0.6) is 0 Å². The van der Waals surface area contributed by atoms with E-state index in [1.165, 1.54) is 23.5 Å². The Kier molecular flexibility index (Phi) is 7.69. The summed E-state index contributed by atoms with van der Waals surface area (Å²) in [5.74, 6) is 1.34. The van der Waals surface area contributed by atoms with Gasteiger partial charge in [-0.05, 0) is 48.6 Å². The van der Waals surface area contributed by atoms with Crippen LogP contribution in [-0.2, 0) is 0 Å². The number of anilines is 1. The molecule has 0 aliphatic rings. The molecule has 0 saturated heterocycles. The predicted molar refractivity (Wildman–Crippen MR) is 104 cm³/mol. The molecule has 0 unspecified atom stereocenters. The summed E-state index contributed by atoms with van der Waals surface area (Å²) in [6.45, 7) is 2.86. The van der Waals surface area contributed by atoms with Crippen LogP contribution >= 0.6 is 27.7 Å². The minimum atomic E-state index is 0.164. The molecule has 0 aliphatic heterocycles. The lowest BCUT2D eigenvalue weighted by Crippen LogP contribution is -2.08. The Morgan fingerprint density at radius 2 is 1.78 bits per heavy atom. The van der Waals surface area contributed by atoms with E-state index in [9.17, 15) is 4.79 Å². The van der Waals surface area contributed by atoms with E-state index in [1.807, 2.05) is 36.0 Å². The third-order valence-electron chi connectivity index (χ3n) is 3.47. The van der Waals surface area contributed by atoms with Crippen LogP contribution in [0.15, 0.2) is 57.9 Å². The van der Waals surface area contributed by atoms with Gasteiger partial charge in [0.25, 0.3) is 0 Å². The first-order chi connectivity index (χ1) is 11.2. The van der Waals surface area contributed by atoms with Gasteiger partial charge < -0.3 is 5.32 Å². The maximum atomic E-state index is 12.1. The first-order valence-corrected chi connectivity index (χ1v) is 9.72. The molecule has 0 fully saturated rings. The Hall–Kier alpha value is -1.26. The fourth-order valence-electron chi connectivity index (χ4n) is 2.10. The Labute approximate surface area is 151 Å². The Morgan fingerprint density at radius 1 is 1.09 bits per heavy atom. The molecular formula is C19H22BrNOS. The van der Waals surface area contributed by atoms with Crippen molar-refractivity contribution in [3.8, 4) is 0 Å². The van der Waals surface area contributed by atoms with Crippen molar-refractivity contribution in [2.45, 2.75) is 31.1 Å². The van der Waals surface area contributed by atoms with Crippen molar-refractivity contribution in [1.82, 2.24) is 0 Å². The molecule has 0 bridgehead atoms. The second-order valence-corrected chi connectivity index (χ2v) is 7.42. The summed E-state index contributed by atoms with van der Waals surface area (Å²) in [6, 6.07) is 15.9. The van der Waals surface area contributed by atoms with E-state index < -0.39 is 0 Å². The number of ketones is 1. The largest absolute Gasteiger partial charge is 0.385 e. The highest BCUT2D eigenvalue weighted by Crippen LogP contribution is 2.21. The molecular weight excluding hydrogens is 370 g/mol. The lowest BCUT2D eigenvalue weighted by molar-refractivity contribution is 0.0986. The van der Waals surface area contributed by atoms with Crippen molar-refractivity contribution in [1.29, 1.82) is 0 Å².